The van der Waals surface area contributed by atoms with Crippen LogP contribution in [0.4, 0.5) is 0 Å². The van der Waals surface area contributed by atoms with Gasteiger partial charge in [-0.05, 0) is 186 Å². The van der Waals surface area contributed by atoms with Gasteiger partial charge in [0.1, 0.15) is 35.6 Å². The standard InChI is InChI=1S/C85H125N3O21/c1-50-26-19-18-20-27-51(2)64(103-14)45-59-36-31-56(7)85(101,109-59)79(97)80(98)88-41-24-23-28-62(88)82(100)106-65(53(4)44-57-32-34-58(89)35-33-57)46-63(90)52(3)43-55(6)77(78(104-15)74(94)54(5)42-50)108-70(93)30-22-17-16-21-29-69(92)105-66-47-83(8)61(37-38-67(83)91)71-73(66)84(9)68(49-102-13)107-81(99)60(72(84)76(96)75(71)95)48-87(12)40-25-39-86(10)11/h18-20,26-27,43,50,52-54,56-60,62,64-65,68,72,77-78,89,101H,16-17,21-25,28-42,44-49H2,1-15H3/t50-,52-,53-,54-,56-,57?,58?,59+,60?,62+,64+,65+,68-,72?,77-,78+,83+,84+,85-/m1/s1. The van der Waals surface area contributed by atoms with Gasteiger partial charge >= 0.3 is 23.9 Å². The number of fused-ring (bicyclic) bond motifs is 7. The summed E-state index contributed by atoms with van der Waals surface area (Å²) < 4.78 is 49.0. The summed E-state index contributed by atoms with van der Waals surface area (Å²) in [6.07, 6.45) is 13.0. The molecule has 109 heavy (non-hydrogen) atoms. The maximum atomic E-state index is 14.8. The second-order valence-corrected chi connectivity index (χ2v) is 33.5. The molecule has 0 spiro atoms. The van der Waals surface area contributed by atoms with Crippen molar-refractivity contribution in [3.8, 4) is 0 Å². The van der Waals surface area contributed by atoms with Crippen molar-refractivity contribution in [1.29, 1.82) is 0 Å². The molecule has 0 aromatic rings. The van der Waals surface area contributed by atoms with Crippen LogP contribution < -0.4 is 0 Å². The Kier molecular flexibility index (Phi) is 31.7. The van der Waals surface area contributed by atoms with Crippen molar-refractivity contribution >= 4 is 64.5 Å². The normalized spacial score (nSPS) is 34.1. The highest BCUT2D eigenvalue weighted by Gasteiger charge is 2.67. The minimum atomic E-state index is -2.49. The maximum absolute atomic E-state index is 14.8. The molecule has 606 valence electrons. The Morgan fingerprint density at radius 2 is 1.46 bits per heavy atom. The molecule has 8 aliphatic rings. The van der Waals surface area contributed by atoms with Crippen molar-refractivity contribution in [2.45, 2.75) is 265 Å². The molecule has 0 aromatic heterocycles. The van der Waals surface area contributed by atoms with Gasteiger partial charge in [-0.25, -0.2) is 4.79 Å². The molecule has 0 aromatic carbocycles. The zero-order valence-electron chi connectivity index (χ0n) is 67.5. The molecule has 1 amide bonds. The van der Waals surface area contributed by atoms with Crippen LogP contribution in [0.15, 0.2) is 70.1 Å². The highest BCUT2D eigenvalue weighted by atomic mass is 16.6. The molecule has 8 rings (SSSR count). The first-order chi connectivity index (χ1) is 51.6. The zero-order chi connectivity index (χ0) is 80.0. The summed E-state index contributed by atoms with van der Waals surface area (Å²) in [6, 6.07) is -1.21. The van der Waals surface area contributed by atoms with Gasteiger partial charge in [-0.3, -0.25) is 47.9 Å². The number of unbranched alkanes of at least 4 members (excludes halogenated alkanes) is 3. The van der Waals surface area contributed by atoms with E-state index in [2.05, 4.69) is 0 Å². The number of esters is 4. The molecule has 2 unspecified atom stereocenters. The molecule has 0 radical (unpaired) electrons. The number of ether oxygens (including phenoxy) is 8. The number of carbonyl (C=O) groups is 11. The molecule has 17 atom stereocenters. The van der Waals surface area contributed by atoms with Crippen molar-refractivity contribution in [3.05, 3.63) is 70.1 Å². The predicted molar refractivity (Wildman–Crippen MR) is 405 cm³/mol. The molecule has 2 bridgehead atoms. The summed E-state index contributed by atoms with van der Waals surface area (Å²) in [5.74, 6) is -14.6. The number of hydrogen-bond acceptors (Lipinski definition) is 23. The van der Waals surface area contributed by atoms with Gasteiger partial charge in [-0.15, -0.1) is 0 Å². The van der Waals surface area contributed by atoms with E-state index in [9.17, 15) is 63.0 Å². The van der Waals surface area contributed by atoms with Gasteiger partial charge in [-0.1, -0.05) is 90.8 Å². The Labute approximate surface area is 645 Å². The number of rotatable bonds is 22. The highest BCUT2D eigenvalue weighted by Crippen LogP contribution is 2.62. The summed E-state index contributed by atoms with van der Waals surface area (Å²) in [4.78, 5) is 165. The zero-order valence-corrected chi connectivity index (χ0v) is 67.5. The average Bonchev–Trinajstić information content (AvgIpc) is 1.65. The van der Waals surface area contributed by atoms with Crippen molar-refractivity contribution in [3.63, 3.8) is 0 Å². The number of hydrogen-bond donors (Lipinski definition) is 2. The number of nitrogens with zero attached hydrogens (tertiary/aromatic N) is 3. The third-order valence-electron chi connectivity index (χ3n) is 24.9. The molecule has 24 heteroatoms. The smallest absolute Gasteiger partial charge is 0.329 e. The van der Waals surface area contributed by atoms with E-state index in [0.717, 1.165) is 31.4 Å². The summed E-state index contributed by atoms with van der Waals surface area (Å²) in [5.41, 5.74) is -0.551. The third kappa shape index (κ3) is 21.0. The number of Topliss-reactive ketones (excluding diaryl/α,β-unsaturated/α-hetero) is 6. The number of methoxy groups -OCH3 is 3. The topological polar surface area (TPSA) is 312 Å². The number of aliphatic hydroxyl groups excluding tert-OH is 1. The van der Waals surface area contributed by atoms with E-state index in [1.54, 1.807) is 54.7 Å². The van der Waals surface area contributed by atoms with Gasteiger partial charge in [0, 0.05) is 107 Å². The van der Waals surface area contributed by atoms with Gasteiger partial charge in [0.05, 0.1) is 42.2 Å². The number of ketones is 6. The second-order valence-electron chi connectivity index (χ2n) is 33.5. The van der Waals surface area contributed by atoms with Crippen molar-refractivity contribution in [2.24, 2.45) is 58.2 Å². The van der Waals surface area contributed by atoms with Gasteiger partial charge < -0.3 is 62.8 Å². The highest BCUT2D eigenvalue weighted by molar-refractivity contribution is 6.47. The van der Waals surface area contributed by atoms with Crippen LogP contribution in [0.1, 0.15) is 210 Å². The van der Waals surface area contributed by atoms with E-state index >= 15 is 0 Å². The quantitative estimate of drug-likeness (QED) is 0.0334. The molecule has 4 heterocycles. The van der Waals surface area contributed by atoms with Crippen molar-refractivity contribution in [1.82, 2.24) is 14.7 Å². The molecule has 4 aliphatic carbocycles. The van der Waals surface area contributed by atoms with Crippen LogP contribution >= 0.6 is 0 Å². The van der Waals surface area contributed by atoms with Crippen LogP contribution in [-0.4, -0.2) is 219 Å². The number of aliphatic hydroxyl groups is 2. The molecular weight excluding hydrogens is 1400 g/mol. The van der Waals surface area contributed by atoms with Crippen LogP contribution in [0.2, 0.25) is 0 Å². The van der Waals surface area contributed by atoms with E-state index in [-0.39, 0.29) is 117 Å². The van der Waals surface area contributed by atoms with Gasteiger partial charge in [0.25, 0.3) is 11.7 Å². The number of amides is 1. The predicted octanol–water partition coefficient (Wildman–Crippen LogP) is 10.2. The molecule has 6 fully saturated rings. The lowest BCUT2D eigenvalue weighted by molar-refractivity contribution is -0.265. The van der Waals surface area contributed by atoms with E-state index < -0.39 is 142 Å². The fourth-order valence-corrected chi connectivity index (χ4v) is 18.2. The van der Waals surface area contributed by atoms with Gasteiger partial charge in [0.2, 0.25) is 17.4 Å². The van der Waals surface area contributed by atoms with Gasteiger partial charge in [0.15, 0.2) is 18.0 Å². The van der Waals surface area contributed by atoms with Crippen LogP contribution in [-0.2, 0) is 90.6 Å². The lowest BCUT2D eigenvalue weighted by Crippen LogP contribution is -2.64. The van der Waals surface area contributed by atoms with E-state index in [4.69, 9.17) is 37.9 Å². The number of piperidine rings is 1. The van der Waals surface area contributed by atoms with E-state index in [1.807, 2.05) is 82.1 Å². The first-order valence-corrected chi connectivity index (χ1v) is 40.1. The SMILES string of the molecule is COC[C@H]1OC(=O)C(CN(C)CCCN(C)C)C2C(=O)C(=O)C3=C4CCC(=O)[C@@]4(C)CC(OC(=O)CCCCCCC(=O)O[C@@H]4C(C)=C[C@@H](C)C(=O)C[C@@H]([C@H](C)CC5CCC(O)CC5)OC(=O)[C@@H]5CCCCN5C(=O)C(=O)[C@]5(O)O[C@@H](CC[C@H]5C)C[C@H](OC)C(C)=CC=CC=C[C@@H](C)C[C@@H](C)C(=O)[C@@H]4OC)=C3[C@]21C. The first kappa shape index (κ1) is 88.1. The fraction of sp³-hybridized carbons (Fsp3) is 0.729. The molecule has 24 nitrogen and oxygen atoms in total. The molecular formula is C85H125N3O21. The third-order valence-corrected chi connectivity index (χ3v) is 24.9. The molecule has 3 saturated heterocycles. The van der Waals surface area contributed by atoms with E-state index in [0.29, 0.717) is 100 Å². The number of allylic oxidation sites excluding steroid dienone is 9. The monoisotopic (exact) mass is 1520 g/mol. The first-order valence-electron chi connectivity index (χ1n) is 40.1. The second kappa shape index (κ2) is 39.3. The molecule has 3 saturated carbocycles. The van der Waals surface area contributed by atoms with Gasteiger partial charge in [-0.2, -0.15) is 0 Å². The Balaban J connectivity index is 1.01. The summed E-state index contributed by atoms with van der Waals surface area (Å²) in [6.45, 7) is 17.5. The average molecular weight is 1520 g/mol. The lowest BCUT2D eigenvalue weighted by Gasteiger charge is -2.54. The van der Waals surface area contributed by atoms with Crippen LogP contribution in [0.25, 0.3) is 0 Å². The van der Waals surface area contributed by atoms with E-state index in [1.165, 1.54) is 19.1 Å². The Morgan fingerprint density at radius 1 is 0.761 bits per heavy atom. The number of cyclic esters (lactones) is 2. The minimum absolute atomic E-state index is 0.0381. The molecule has 4 aliphatic heterocycles. The minimum Gasteiger partial charge on any atom is -0.460 e. The van der Waals surface area contributed by atoms with Crippen LogP contribution in [0.5, 0.6) is 0 Å². The Morgan fingerprint density at radius 3 is 2.13 bits per heavy atom. The Bertz CT molecular complexity index is 3520. The van der Waals surface area contributed by atoms with Crippen LogP contribution in [0.3, 0.4) is 0 Å². The van der Waals surface area contributed by atoms with Crippen molar-refractivity contribution < 1.29 is 101 Å². The lowest BCUT2D eigenvalue weighted by atomic mass is 9.51. The van der Waals surface area contributed by atoms with Crippen LogP contribution in [0, 0.1) is 58.2 Å². The fourth-order valence-electron chi connectivity index (χ4n) is 18.2. The Hall–Kier alpha value is -6.51. The molecule has 2 N–H and O–H groups in total. The van der Waals surface area contributed by atoms with Crippen molar-refractivity contribution in [2.75, 3.05) is 75.3 Å². The maximum Gasteiger partial charge on any atom is 0.329 e. The largest absolute Gasteiger partial charge is 0.460 e. The summed E-state index contributed by atoms with van der Waals surface area (Å²) in [7, 11) is 10.2. The summed E-state index contributed by atoms with van der Waals surface area (Å²) >= 11 is 0. The number of carbonyl (C=O) groups excluding carboxylic acids is 11. The summed E-state index contributed by atoms with van der Waals surface area (Å²) in [5, 5.41) is 22.5.